The molecule has 0 atom stereocenters. The molecule has 0 radical (unpaired) electrons. The van der Waals surface area contributed by atoms with E-state index < -0.39 is 10.0 Å². The van der Waals surface area contributed by atoms with Crippen molar-refractivity contribution in [1.82, 2.24) is 19.5 Å². The Balaban J connectivity index is 1.72. The molecule has 0 saturated heterocycles. The van der Waals surface area contributed by atoms with Gasteiger partial charge in [0.1, 0.15) is 4.90 Å². The van der Waals surface area contributed by atoms with Crippen LogP contribution in [0, 0.1) is 6.92 Å². The molecule has 0 bridgehead atoms. The molecule has 2 aromatic heterocycles. The zero-order valence-corrected chi connectivity index (χ0v) is 15.1. The first-order valence-electron chi connectivity index (χ1n) is 7.70. The molecule has 128 valence electrons. The number of aromatic amines is 1. The quantitative estimate of drug-likeness (QED) is 0.704. The molecular weight excluding hydrogens is 348 g/mol. The normalized spacial score (nSPS) is 12.1. The Morgan fingerprint density at radius 3 is 2.88 bits per heavy atom. The number of benzene rings is 1. The van der Waals surface area contributed by atoms with Crippen LogP contribution in [0.25, 0.3) is 10.9 Å². The number of nitrogens with zero attached hydrogens (tertiary/aromatic N) is 2. The van der Waals surface area contributed by atoms with Crippen molar-refractivity contribution in [2.24, 2.45) is 0 Å². The maximum absolute atomic E-state index is 12.4. The van der Waals surface area contributed by atoms with E-state index in [1.54, 1.807) is 17.8 Å². The van der Waals surface area contributed by atoms with Gasteiger partial charge in [-0.3, -0.25) is 4.68 Å². The van der Waals surface area contributed by atoms with E-state index in [2.05, 4.69) is 14.8 Å². The van der Waals surface area contributed by atoms with Crippen molar-refractivity contribution in [3.05, 3.63) is 46.9 Å². The second-order valence-electron chi connectivity index (χ2n) is 5.59. The van der Waals surface area contributed by atoms with Gasteiger partial charge in [0.25, 0.3) is 0 Å². The smallest absolute Gasteiger partial charge is 0.243 e. The number of hydrogen-bond donors (Lipinski definition) is 2. The lowest BCUT2D eigenvalue weighted by atomic mass is 10.1. The second kappa shape index (κ2) is 6.58. The van der Waals surface area contributed by atoms with Crippen molar-refractivity contribution in [1.29, 1.82) is 0 Å². The molecule has 3 rings (SSSR count). The summed E-state index contributed by atoms with van der Waals surface area (Å²) in [4.78, 5) is 3.39. The summed E-state index contributed by atoms with van der Waals surface area (Å²) in [6.45, 7) is 4.55. The maximum Gasteiger partial charge on any atom is 0.243 e. The number of aromatic nitrogens is 3. The van der Waals surface area contributed by atoms with E-state index in [0.717, 1.165) is 16.5 Å². The molecule has 0 aliphatic carbocycles. The van der Waals surface area contributed by atoms with Crippen molar-refractivity contribution >= 4 is 32.5 Å². The summed E-state index contributed by atoms with van der Waals surface area (Å²) in [5, 5.41) is 5.85. The lowest BCUT2D eigenvalue weighted by Crippen LogP contribution is -2.26. The fourth-order valence-electron chi connectivity index (χ4n) is 2.68. The highest BCUT2D eigenvalue weighted by Crippen LogP contribution is 2.22. The lowest BCUT2D eigenvalue weighted by molar-refractivity contribution is 0.581. The lowest BCUT2D eigenvalue weighted by Gasteiger charge is -2.05. The summed E-state index contributed by atoms with van der Waals surface area (Å²) in [7, 11) is -3.56. The van der Waals surface area contributed by atoms with E-state index in [-0.39, 0.29) is 4.90 Å². The Bertz CT molecular complexity index is 975. The number of rotatable bonds is 6. The minimum atomic E-state index is -3.56. The van der Waals surface area contributed by atoms with Gasteiger partial charge < -0.3 is 4.98 Å². The first kappa shape index (κ1) is 17.0. The Morgan fingerprint density at radius 1 is 1.38 bits per heavy atom. The van der Waals surface area contributed by atoms with Crippen LogP contribution < -0.4 is 4.72 Å². The van der Waals surface area contributed by atoms with E-state index in [1.165, 1.54) is 0 Å². The fourth-order valence-corrected chi connectivity index (χ4v) is 4.07. The fraction of sp³-hybridized carbons (Fsp3) is 0.312. The number of aryl methyl sites for hydroxylation is 2. The van der Waals surface area contributed by atoms with Gasteiger partial charge in [-0.1, -0.05) is 11.6 Å². The van der Waals surface area contributed by atoms with Crippen molar-refractivity contribution in [2.75, 3.05) is 6.54 Å². The highest BCUT2D eigenvalue weighted by atomic mass is 35.5. The molecular formula is C16H19ClN4O2S. The van der Waals surface area contributed by atoms with E-state index in [0.29, 0.717) is 30.2 Å². The van der Waals surface area contributed by atoms with Gasteiger partial charge in [-0.05, 0) is 44.0 Å². The van der Waals surface area contributed by atoms with Crippen LogP contribution in [-0.2, 0) is 23.0 Å². The summed E-state index contributed by atoms with van der Waals surface area (Å²) in [6.07, 6.45) is 4.01. The molecule has 0 unspecified atom stereocenters. The number of halogens is 1. The topological polar surface area (TPSA) is 79.8 Å². The molecule has 0 spiro atoms. The molecule has 0 saturated carbocycles. The standard InChI is InChI=1S/C16H19ClN4O2S/c1-3-21-10-16(11(2)20-21)24(22,23)19-7-6-12-9-18-15-5-4-13(17)8-14(12)15/h4-5,8-10,18-19H,3,6-7H2,1-2H3. The monoisotopic (exact) mass is 366 g/mol. The molecule has 8 heteroatoms. The third-order valence-corrected chi connectivity index (χ3v) is 5.73. The Morgan fingerprint density at radius 2 is 2.17 bits per heavy atom. The number of hydrogen-bond acceptors (Lipinski definition) is 3. The van der Waals surface area contributed by atoms with Gasteiger partial charge in [-0.2, -0.15) is 5.10 Å². The van der Waals surface area contributed by atoms with E-state index in [9.17, 15) is 8.42 Å². The summed E-state index contributed by atoms with van der Waals surface area (Å²) >= 11 is 6.03. The third kappa shape index (κ3) is 3.33. The molecule has 0 aliphatic heterocycles. The van der Waals surface area contributed by atoms with Gasteiger partial charge in [-0.25, -0.2) is 13.1 Å². The average molecular weight is 367 g/mol. The predicted molar refractivity (Wildman–Crippen MR) is 94.8 cm³/mol. The molecule has 24 heavy (non-hydrogen) atoms. The Kier molecular flexibility index (Phi) is 4.67. The van der Waals surface area contributed by atoms with Crippen LogP contribution in [-0.4, -0.2) is 29.7 Å². The maximum atomic E-state index is 12.4. The molecule has 3 aromatic rings. The summed E-state index contributed by atoms with van der Waals surface area (Å²) in [5.41, 5.74) is 2.51. The van der Waals surface area contributed by atoms with E-state index >= 15 is 0 Å². The molecule has 6 nitrogen and oxygen atoms in total. The Labute approximate surface area is 145 Å². The molecule has 0 aliphatic rings. The van der Waals surface area contributed by atoms with Crippen LogP contribution in [0.2, 0.25) is 5.02 Å². The first-order valence-corrected chi connectivity index (χ1v) is 9.56. The van der Waals surface area contributed by atoms with E-state index in [4.69, 9.17) is 11.6 Å². The van der Waals surface area contributed by atoms with Crippen molar-refractivity contribution in [3.8, 4) is 0 Å². The molecule has 0 amide bonds. The van der Waals surface area contributed by atoms with Crippen LogP contribution in [0.15, 0.2) is 35.5 Å². The van der Waals surface area contributed by atoms with Crippen molar-refractivity contribution in [3.63, 3.8) is 0 Å². The zero-order valence-electron chi connectivity index (χ0n) is 13.5. The summed E-state index contributed by atoms with van der Waals surface area (Å²) in [5.74, 6) is 0. The first-order chi connectivity index (χ1) is 11.4. The molecule has 1 aromatic carbocycles. The van der Waals surface area contributed by atoms with Crippen LogP contribution in [0.1, 0.15) is 18.2 Å². The van der Waals surface area contributed by atoms with Crippen LogP contribution in [0.5, 0.6) is 0 Å². The number of H-pyrrole nitrogens is 1. The minimum absolute atomic E-state index is 0.228. The van der Waals surface area contributed by atoms with Crippen molar-refractivity contribution < 1.29 is 8.42 Å². The highest BCUT2D eigenvalue weighted by Gasteiger charge is 2.19. The van der Waals surface area contributed by atoms with Gasteiger partial charge in [-0.15, -0.1) is 0 Å². The predicted octanol–water partition coefficient (Wildman–Crippen LogP) is 2.87. The molecule has 2 heterocycles. The van der Waals surface area contributed by atoms with Gasteiger partial charge in [0, 0.05) is 41.4 Å². The van der Waals surface area contributed by atoms with Crippen LogP contribution >= 0.6 is 11.6 Å². The van der Waals surface area contributed by atoms with Gasteiger partial charge in [0.2, 0.25) is 10.0 Å². The average Bonchev–Trinajstić information content (AvgIpc) is 3.11. The van der Waals surface area contributed by atoms with Crippen LogP contribution in [0.4, 0.5) is 0 Å². The number of nitrogens with one attached hydrogen (secondary N) is 2. The molecule has 2 N–H and O–H groups in total. The molecule has 0 fully saturated rings. The summed E-state index contributed by atoms with van der Waals surface area (Å²) < 4.78 is 29.1. The summed E-state index contributed by atoms with van der Waals surface area (Å²) in [6, 6.07) is 5.61. The third-order valence-electron chi connectivity index (χ3n) is 3.93. The zero-order chi connectivity index (χ0) is 17.3. The van der Waals surface area contributed by atoms with Gasteiger partial charge >= 0.3 is 0 Å². The van der Waals surface area contributed by atoms with Gasteiger partial charge in [0.15, 0.2) is 0 Å². The number of sulfonamides is 1. The van der Waals surface area contributed by atoms with E-state index in [1.807, 2.05) is 31.3 Å². The SMILES string of the molecule is CCn1cc(S(=O)(=O)NCCc2c[nH]c3ccc(Cl)cc23)c(C)n1. The minimum Gasteiger partial charge on any atom is -0.361 e. The highest BCUT2D eigenvalue weighted by molar-refractivity contribution is 7.89. The largest absolute Gasteiger partial charge is 0.361 e. The second-order valence-corrected chi connectivity index (χ2v) is 7.76. The van der Waals surface area contributed by atoms with Crippen LogP contribution in [0.3, 0.4) is 0 Å². The number of fused-ring (bicyclic) bond motifs is 1. The van der Waals surface area contributed by atoms with Crippen molar-refractivity contribution in [2.45, 2.75) is 31.7 Å². The Hall–Kier alpha value is -1.83. The van der Waals surface area contributed by atoms with Gasteiger partial charge in [0.05, 0.1) is 5.69 Å².